The Balaban J connectivity index is 1.76. The van der Waals surface area contributed by atoms with Crippen LogP contribution in [0.4, 0.5) is 0 Å². The topological polar surface area (TPSA) is 57.8 Å². The molecule has 1 aromatic heterocycles. The van der Waals surface area contributed by atoms with Gasteiger partial charge in [-0.25, -0.2) is 0 Å². The van der Waals surface area contributed by atoms with Gasteiger partial charge in [-0.2, -0.15) is 16.9 Å². The number of H-pyrrole nitrogens is 1. The third kappa shape index (κ3) is 2.47. The minimum Gasteiger partial charge on any atom is -0.348 e. The van der Waals surface area contributed by atoms with Gasteiger partial charge in [-0.05, 0) is 31.2 Å². The molecule has 0 bridgehead atoms. The Bertz CT molecular complexity index is 595. The molecule has 19 heavy (non-hydrogen) atoms. The number of nitrogens with zero attached hydrogens (tertiary/aromatic N) is 1. The molecule has 2 aromatic rings. The van der Waals surface area contributed by atoms with E-state index in [-0.39, 0.29) is 5.91 Å². The number of amides is 1. The minimum absolute atomic E-state index is 0.0162. The summed E-state index contributed by atoms with van der Waals surface area (Å²) in [4.78, 5) is 12.3. The minimum atomic E-state index is 0.0162. The molecule has 0 radical (unpaired) electrons. The molecule has 2 unspecified atom stereocenters. The molecule has 0 aliphatic heterocycles. The van der Waals surface area contributed by atoms with Crippen LogP contribution in [0.3, 0.4) is 0 Å². The molecule has 100 valence electrons. The number of aromatic nitrogens is 2. The highest BCUT2D eigenvalue weighted by Crippen LogP contribution is 2.28. The molecule has 1 amide bonds. The lowest BCUT2D eigenvalue weighted by Gasteiger charge is -2.19. The van der Waals surface area contributed by atoms with Gasteiger partial charge in [0.05, 0.1) is 11.7 Å². The van der Waals surface area contributed by atoms with Gasteiger partial charge in [0.25, 0.3) is 5.91 Å². The fraction of sp³-hybridized carbons (Fsp3) is 0.429. The molecule has 3 rings (SSSR count). The van der Waals surface area contributed by atoms with Crippen LogP contribution < -0.4 is 5.32 Å². The first kappa shape index (κ1) is 12.5. The Hall–Kier alpha value is -1.49. The number of hydrogen-bond acceptors (Lipinski definition) is 3. The maximum Gasteiger partial charge on any atom is 0.251 e. The molecule has 0 spiro atoms. The van der Waals surface area contributed by atoms with Gasteiger partial charge in [0.1, 0.15) is 0 Å². The molecular weight excluding hydrogens is 258 g/mol. The summed E-state index contributed by atoms with van der Waals surface area (Å²) in [6.45, 7) is 0. The summed E-state index contributed by atoms with van der Waals surface area (Å²) in [6, 6.07) is 5.95. The number of rotatable bonds is 3. The summed E-state index contributed by atoms with van der Waals surface area (Å²) in [6.07, 6.45) is 7.37. The third-order valence-corrected chi connectivity index (χ3v) is 4.95. The molecule has 1 aliphatic carbocycles. The lowest BCUT2D eigenvalue weighted by Crippen LogP contribution is -2.38. The first-order valence-corrected chi connectivity index (χ1v) is 7.83. The fourth-order valence-corrected chi connectivity index (χ4v) is 3.64. The van der Waals surface area contributed by atoms with E-state index in [0.29, 0.717) is 16.9 Å². The van der Waals surface area contributed by atoms with E-state index in [9.17, 15) is 4.79 Å². The van der Waals surface area contributed by atoms with Crippen LogP contribution in [0, 0.1) is 0 Å². The third-order valence-electron chi connectivity index (χ3n) is 3.78. The molecule has 1 fully saturated rings. The Morgan fingerprint density at radius 1 is 1.47 bits per heavy atom. The zero-order valence-corrected chi connectivity index (χ0v) is 11.7. The van der Waals surface area contributed by atoms with Crippen molar-refractivity contribution in [2.45, 2.75) is 30.6 Å². The standard InChI is InChI=1S/C14H17N3OS/c1-19-13-4-2-3-11(13)16-14(18)9-5-6-10-8-15-17-12(10)7-9/h5-8,11,13H,2-4H2,1H3,(H,15,17)(H,16,18). The Morgan fingerprint density at radius 3 is 3.21 bits per heavy atom. The van der Waals surface area contributed by atoms with E-state index >= 15 is 0 Å². The normalized spacial score (nSPS) is 22.8. The molecule has 0 saturated heterocycles. The Morgan fingerprint density at radius 2 is 2.37 bits per heavy atom. The van der Waals surface area contributed by atoms with Crippen molar-refractivity contribution in [1.82, 2.24) is 15.5 Å². The first-order valence-electron chi connectivity index (χ1n) is 6.55. The van der Waals surface area contributed by atoms with Gasteiger partial charge in [0.15, 0.2) is 0 Å². The SMILES string of the molecule is CSC1CCCC1NC(=O)c1ccc2cn[nH]c2c1. The van der Waals surface area contributed by atoms with Gasteiger partial charge in [0.2, 0.25) is 0 Å². The summed E-state index contributed by atoms with van der Waals surface area (Å²) >= 11 is 1.85. The maximum atomic E-state index is 12.3. The number of nitrogens with one attached hydrogen (secondary N) is 2. The maximum absolute atomic E-state index is 12.3. The van der Waals surface area contributed by atoms with Crippen LogP contribution in [-0.2, 0) is 0 Å². The second-order valence-corrected chi connectivity index (χ2v) is 6.03. The summed E-state index contributed by atoms with van der Waals surface area (Å²) in [5.41, 5.74) is 1.60. The second kappa shape index (κ2) is 5.25. The van der Waals surface area contributed by atoms with E-state index in [1.54, 1.807) is 6.20 Å². The molecule has 1 heterocycles. The van der Waals surface area contributed by atoms with Crippen molar-refractivity contribution in [3.8, 4) is 0 Å². The Labute approximate surface area is 116 Å². The summed E-state index contributed by atoms with van der Waals surface area (Å²) in [5, 5.41) is 11.6. The van der Waals surface area contributed by atoms with Gasteiger partial charge >= 0.3 is 0 Å². The van der Waals surface area contributed by atoms with E-state index in [0.717, 1.165) is 17.3 Å². The molecule has 4 nitrogen and oxygen atoms in total. The van der Waals surface area contributed by atoms with Crippen LogP contribution in [0.15, 0.2) is 24.4 Å². The number of carbonyl (C=O) groups is 1. The van der Waals surface area contributed by atoms with Crippen molar-refractivity contribution in [2.75, 3.05) is 6.26 Å². The molecule has 1 saturated carbocycles. The lowest BCUT2D eigenvalue weighted by molar-refractivity contribution is 0.0939. The number of benzene rings is 1. The lowest BCUT2D eigenvalue weighted by atomic mass is 10.1. The van der Waals surface area contributed by atoms with Gasteiger partial charge in [-0.1, -0.05) is 12.5 Å². The van der Waals surface area contributed by atoms with Gasteiger partial charge in [-0.3, -0.25) is 9.89 Å². The first-order chi connectivity index (χ1) is 9.28. The van der Waals surface area contributed by atoms with Crippen molar-refractivity contribution in [3.63, 3.8) is 0 Å². The monoisotopic (exact) mass is 275 g/mol. The van der Waals surface area contributed by atoms with Crippen molar-refractivity contribution in [1.29, 1.82) is 0 Å². The fourth-order valence-electron chi connectivity index (χ4n) is 2.70. The predicted molar refractivity (Wildman–Crippen MR) is 78.5 cm³/mol. The van der Waals surface area contributed by atoms with Crippen molar-refractivity contribution >= 4 is 28.6 Å². The highest BCUT2D eigenvalue weighted by atomic mass is 32.2. The van der Waals surface area contributed by atoms with Crippen molar-refractivity contribution in [3.05, 3.63) is 30.0 Å². The van der Waals surface area contributed by atoms with E-state index in [1.165, 1.54) is 12.8 Å². The molecule has 2 N–H and O–H groups in total. The molecule has 2 atom stereocenters. The van der Waals surface area contributed by atoms with Crippen LogP contribution in [0.1, 0.15) is 29.6 Å². The van der Waals surface area contributed by atoms with Gasteiger partial charge < -0.3 is 5.32 Å². The van der Waals surface area contributed by atoms with Crippen LogP contribution in [0.2, 0.25) is 0 Å². The van der Waals surface area contributed by atoms with Crippen LogP contribution in [0.5, 0.6) is 0 Å². The number of carbonyl (C=O) groups excluding carboxylic acids is 1. The number of thioether (sulfide) groups is 1. The number of fused-ring (bicyclic) bond motifs is 1. The van der Waals surface area contributed by atoms with Crippen LogP contribution in [-0.4, -0.2) is 33.7 Å². The number of hydrogen-bond donors (Lipinski definition) is 2. The summed E-state index contributed by atoms with van der Waals surface area (Å²) < 4.78 is 0. The summed E-state index contributed by atoms with van der Waals surface area (Å²) in [7, 11) is 0. The zero-order chi connectivity index (χ0) is 13.2. The van der Waals surface area contributed by atoms with Crippen LogP contribution >= 0.6 is 11.8 Å². The van der Waals surface area contributed by atoms with E-state index in [1.807, 2.05) is 30.0 Å². The smallest absolute Gasteiger partial charge is 0.251 e. The van der Waals surface area contributed by atoms with Crippen LogP contribution in [0.25, 0.3) is 10.9 Å². The predicted octanol–water partition coefficient (Wildman–Crippen LogP) is 2.58. The van der Waals surface area contributed by atoms with Crippen molar-refractivity contribution in [2.24, 2.45) is 0 Å². The largest absolute Gasteiger partial charge is 0.348 e. The zero-order valence-electron chi connectivity index (χ0n) is 10.8. The highest BCUT2D eigenvalue weighted by Gasteiger charge is 2.27. The average Bonchev–Trinajstić information content (AvgIpc) is 3.05. The summed E-state index contributed by atoms with van der Waals surface area (Å²) in [5.74, 6) is 0.0162. The van der Waals surface area contributed by atoms with Gasteiger partial charge in [0, 0.05) is 22.2 Å². The van der Waals surface area contributed by atoms with E-state index in [4.69, 9.17) is 0 Å². The van der Waals surface area contributed by atoms with E-state index in [2.05, 4.69) is 21.8 Å². The average molecular weight is 275 g/mol. The van der Waals surface area contributed by atoms with Gasteiger partial charge in [-0.15, -0.1) is 0 Å². The number of aromatic amines is 1. The van der Waals surface area contributed by atoms with Crippen molar-refractivity contribution < 1.29 is 4.79 Å². The quantitative estimate of drug-likeness (QED) is 0.905. The molecule has 1 aromatic carbocycles. The van der Waals surface area contributed by atoms with E-state index < -0.39 is 0 Å². The second-order valence-electron chi connectivity index (χ2n) is 4.96. The Kier molecular flexibility index (Phi) is 3.46. The molecule has 5 heteroatoms. The highest BCUT2D eigenvalue weighted by molar-refractivity contribution is 7.99. The molecular formula is C14H17N3OS. The molecule has 1 aliphatic rings.